The van der Waals surface area contributed by atoms with Gasteiger partial charge in [-0.3, -0.25) is 0 Å². The largest absolute Gasteiger partial charge is 0.462 e. The molecule has 1 aliphatic rings. The highest BCUT2D eigenvalue weighted by Gasteiger charge is 2.24. The van der Waals surface area contributed by atoms with E-state index in [1.54, 1.807) is 48.5 Å². The summed E-state index contributed by atoms with van der Waals surface area (Å²) >= 11 is 0. The quantitative estimate of drug-likeness (QED) is 0.179. The Morgan fingerprint density at radius 3 is 2.46 bits per heavy atom. The molecule has 0 atom stereocenters. The Morgan fingerprint density at radius 2 is 1.74 bits per heavy atom. The van der Waals surface area contributed by atoms with Gasteiger partial charge in [-0.1, -0.05) is 44.7 Å². The van der Waals surface area contributed by atoms with E-state index in [9.17, 15) is 9.59 Å². The zero-order chi connectivity index (χ0) is 25.0. The van der Waals surface area contributed by atoms with Gasteiger partial charge in [0, 0.05) is 23.9 Å². The molecular formula is C29H38N2O4. The maximum Gasteiger partial charge on any atom is 0.338 e. The summed E-state index contributed by atoms with van der Waals surface area (Å²) in [5.74, 6) is 0.0565. The Labute approximate surface area is 208 Å². The van der Waals surface area contributed by atoms with Crippen LogP contribution in [0.2, 0.25) is 0 Å². The maximum absolute atomic E-state index is 12.5. The minimum atomic E-state index is -0.443. The number of ether oxygens (including phenoxy) is 2. The molecule has 0 amide bonds. The molecule has 0 radical (unpaired) electrons. The molecule has 3 rings (SSSR count). The molecule has 1 aliphatic carbocycles. The fourth-order valence-electron chi connectivity index (χ4n) is 4.49. The van der Waals surface area contributed by atoms with Gasteiger partial charge in [-0.25, -0.2) is 9.59 Å². The average Bonchev–Trinajstić information content (AvgIpc) is 2.86. The summed E-state index contributed by atoms with van der Waals surface area (Å²) < 4.78 is 11.0. The molecule has 0 saturated heterocycles. The lowest BCUT2D eigenvalue weighted by Crippen LogP contribution is -2.24. The van der Waals surface area contributed by atoms with Crippen LogP contribution in [0.3, 0.4) is 0 Å². The molecule has 0 aromatic heterocycles. The molecule has 2 aromatic rings. The fourth-order valence-corrected chi connectivity index (χ4v) is 4.49. The SMILES string of the molecule is CCCCCC1CCC(OC(=O)c2ccc(/C=C/C(=O)OCCc3cc(N)ccc3N)cc2)CC1. The molecule has 1 fully saturated rings. The third kappa shape index (κ3) is 8.78. The Balaban J connectivity index is 1.39. The van der Waals surface area contributed by atoms with Crippen LogP contribution < -0.4 is 11.5 Å². The van der Waals surface area contributed by atoms with Crippen LogP contribution in [0.15, 0.2) is 48.5 Å². The number of benzene rings is 2. The van der Waals surface area contributed by atoms with Gasteiger partial charge in [-0.15, -0.1) is 0 Å². The van der Waals surface area contributed by atoms with Gasteiger partial charge in [0.15, 0.2) is 0 Å². The summed E-state index contributed by atoms with van der Waals surface area (Å²) in [6.45, 7) is 2.44. The number of hydrogen-bond donors (Lipinski definition) is 2. The van der Waals surface area contributed by atoms with Crippen LogP contribution in [0.25, 0.3) is 6.08 Å². The number of anilines is 2. The molecule has 6 heteroatoms. The third-order valence-electron chi connectivity index (χ3n) is 6.62. The number of esters is 2. The molecular weight excluding hydrogens is 440 g/mol. The average molecular weight is 479 g/mol. The van der Waals surface area contributed by atoms with E-state index in [2.05, 4.69) is 6.92 Å². The van der Waals surface area contributed by atoms with E-state index in [1.165, 1.54) is 31.8 Å². The summed E-state index contributed by atoms with van der Waals surface area (Å²) in [5.41, 5.74) is 15.1. The Hall–Kier alpha value is -3.28. The lowest BCUT2D eigenvalue weighted by Gasteiger charge is -2.28. The number of carbonyl (C=O) groups is 2. The second-order valence-electron chi connectivity index (χ2n) is 9.37. The van der Waals surface area contributed by atoms with Crippen LogP contribution in [0.5, 0.6) is 0 Å². The fraction of sp³-hybridized carbons (Fsp3) is 0.448. The van der Waals surface area contributed by atoms with Gasteiger partial charge >= 0.3 is 11.9 Å². The van der Waals surface area contributed by atoms with Crippen LogP contribution in [0.1, 0.15) is 79.8 Å². The molecule has 0 unspecified atom stereocenters. The summed E-state index contributed by atoms with van der Waals surface area (Å²) in [5, 5.41) is 0. The smallest absolute Gasteiger partial charge is 0.338 e. The minimum Gasteiger partial charge on any atom is -0.462 e. The Kier molecular flexibility index (Phi) is 10.2. The van der Waals surface area contributed by atoms with Crippen molar-refractivity contribution < 1.29 is 19.1 Å². The van der Waals surface area contributed by atoms with Crippen LogP contribution in [-0.2, 0) is 20.7 Å². The molecule has 2 aromatic carbocycles. The lowest BCUT2D eigenvalue weighted by molar-refractivity contribution is -0.137. The van der Waals surface area contributed by atoms with E-state index in [0.717, 1.165) is 42.7 Å². The minimum absolute atomic E-state index is 0.0157. The summed E-state index contributed by atoms with van der Waals surface area (Å²) in [4.78, 5) is 24.5. The zero-order valence-electron chi connectivity index (χ0n) is 20.7. The van der Waals surface area contributed by atoms with Crippen molar-refractivity contribution in [3.63, 3.8) is 0 Å². The van der Waals surface area contributed by atoms with Crippen molar-refractivity contribution in [1.29, 1.82) is 0 Å². The van der Waals surface area contributed by atoms with Crippen molar-refractivity contribution in [1.82, 2.24) is 0 Å². The summed E-state index contributed by atoms with van der Waals surface area (Å²) in [6, 6.07) is 12.3. The van der Waals surface area contributed by atoms with Crippen LogP contribution >= 0.6 is 0 Å². The van der Waals surface area contributed by atoms with E-state index in [1.807, 2.05) is 0 Å². The van der Waals surface area contributed by atoms with Gasteiger partial charge in [-0.05, 0) is 79.1 Å². The molecule has 4 N–H and O–H groups in total. The van der Waals surface area contributed by atoms with Gasteiger partial charge in [0.2, 0.25) is 0 Å². The van der Waals surface area contributed by atoms with E-state index < -0.39 is 5.97 Å². The predicted molar refractivity (Wildman–Crippen MR) is 141 cm³/mol. The van der Waals surface area contributed by atoms with E-state index in [0.29, 0.717) is 23.4 Å². The van der Waals surface area contributed by atoms with Gasteiger partial charge in [0.05, 0.1) is 12.2 Å². The molecule has 6 nitrogen and oxygen atoms in total. The normalized spacial score (nSPS) is 17.9. The number of rotatable bonds is 11. The lowest BCUT2D eigenvalue weighted by atomic mass is 9.84. The first kappa shape index (κ1) is 26.3. The second-order valence-corrected chi connectivity index (χ2v) is 9.37. The van der Waals surface area contributed by atoms with Crippen molar-refractivity contribution in [3.05, 3.63) is 65.2 Å². The Morgan fingerprint density at radius 1 is 1.00 bits per heavy atom. The monoisotopic (exact) mass is 478 g/mol. The Bertz CT molecular complexity index is 992. The van der Waals surface area contributed by atoms with Gasteiger partial charge in [0.25, 0.3) is 0 Å². The molecule has 1 saturated carbocycles. The third-order valence-corrected chi connectivity index (χ3v) is 6.62. The number of carbonyl (C=O) groups excluding carboxylic acids is 2. The molecule has 188 valence electrons. The van der Waals surface area contributed by atoms with Crippen molar-refractivity contribution in [2.24, 2.45) is 5.92 Å². The predicted octanol–water partition coefficient (Wildman–Crippen LogP) is 5.95. The first-order chi connectivity index (χ1) is 16.9. The summed E-state index contributed by atoms with van der Waals surface area (Å²) in [6.07, 6.45) is 12.9. The number of unbranched alkanes of at least 4 members (excludes halogenated alkanes) is 2. The van der Waals surface area contributed by atoms with Gasteiger partial charge < -0.3 is 20.9 Å². The highest BCUT2D eigenvalue weighted by molar-refractivity contribution is 5.90. The standard InChI is InChI=1S/C29H38N2O4/c1-2-3-4-5-21-8-14-26(15-9-21)35-29(33)23-11-6-22(7-12-23)10-17-28(32)34-19-18-24-20-25(30)13-16-27(24)31/h6-7,10-13,16-17,20-21,26H,2-5,8-9,14-15,18-19,30-31H2,1H3/b17-10+. The second kappa shape index (κ2) is 13.6. The number of nitrogens with two attached hydrogens (primary N) is 2. The van der Waals surface area contributed by atoms with Crippen molar-refractivity contribution in [2.45, 2.75) is 70.8 Å². The van der Waals surface area contributed by atoms with E-state index in [-0.39, 0.29) is 18.7 Å². The topological polar surface area (TPSA) is 105 Å². The van der Waals surface area contributed by atoms with Gasteiger partial charge in [0.1, 0.15) is 6.10 Å². The highest BCUT2D eigenvalue weighted by atomic mass is 16.5. The van der Waals surface area contributed by atoms with Crippen molar-refractivity contribution >= 4 is 29.4 Å². The van der Waals surface area contributed by atoms with E-state index in [4.69, 9.17) is 20.9 Å². The number of nitrogen functional groups attached to an aromatic ring is 2. The van der Waals surface area contributed by atoms with Crippen LogP contribution in [0, 0.1) is 5.92 Å². The molecule has 0 bridgehead atoms. The first-order valence-corrected chi connectivity index (χ1v) is 12.7. The molecule has 0 spiro atoms. The molecule has 0 aliphatic heterocycles. The van der Waals surface area contributed by atoms with E-state index >= 15 is 0 Å². The maximum atomic E-state index is 12.5. The molecule has 0 heterocycles. The van der Waals surface area contributed by atoms with Crippen molar-refractivity contribution in [3.8, 4) is 0 Å². The van der Waals surface area contributed by atoms with Crippen LogP contribution in [-0.4, -0.2) is 24.6 Å². The first-order valence-electron chi connectivity index (χ1n) is 12.7. The zero-order valence-corrected chi connectivity index (χ0v) is 20.7. The summed E-state index contributed by atoms with van der Waals surface area (Å²) in [7, 11) is 0. The number of hydrogen-bond acceptors (Lipinski definition) is 6. The van der Waals surface area contributed by atoms with Crippen molar-refractivity contribution in [2.75, 3.05) is 18.1 Å². The van der Waals surface area contributed by atoms with Crippen LogP contribution in [0.4, 0.5) is 11.4 Å². The van der Waals surface area contributed by atoms with Gasteiger partial charge in [-0.2, -0.15) is 0 Å². The molecule has 35 heavy (non-hydrogen) atoms. The highest BCUT2D eigenvalue weighted by Crippen LogP contribution is 2.30.